The smallest absolute Gasteiger partial charge is 0.271 e. The molecule has 0 radical (unpaired) electrons. The lowest BCUT2D eigenvalue weighted by molar-refractivity contribution is -0.124. The van der Waals surface area contributed by atoms with Gasteiger partial charge in [-0.25, -0.2) is 10.9 Å². The molecule has 0 heterocycles. The summed E-state index contributed by atoms with van der Waals surface area (Å²) in [6, 6.07) is 12.0. The Morgan fingerprint density at radius 2 is 1.85 bits per heavy atom. The van der Waals surface area contributed by atoms with Crippen LogP contribution in [0.2, 0.25) is 0 Å². The van der Waals surface area contributed by atoms with Crippen LogP contribution in [0.3, 0.4) is 0 Å². The largest absolute Gasteiger partial charge is 0.496 e. The maximum atomic E-state index is 12.1. The molecule has 0 unspecified atom stereocenters. The molecule has 0 atom stereocenters. The van der Waals surface area contributed by atoms with Gasteiger partial charge < -0.3 is 4.74 Å². The van der Waals surface area contributed by atoms with Crippen LogP contribution in [0.5, 0.6) is 5.75 Å². The van der Waals surface area contributed by atoms with Crippen LogP contribution in [0.4, 0.5) is 0 Å². The predicted molar refractivity (Wildman–Crippen MR) is 101 cm³/mol. The summed E-state index contributed by atoms with van der Waals surface area (Å²) in [6.45, 7) is 0. The summed E-state index contributed by atoms with van der Waals surface area (Å²) in [5.41, 5.74) is 5.85. The Labute approximate surface area is 158 Å². The Morgan fingerprint density at radius 3 is 2.46 bits per heavy atom. The highest BCUT2D eigenvalue weighted by Gasteiger charge is 2.04. The molecule has 2 aromatic rings. The molecule has 0 aliphatic heterocycles. The van der Waals surface area contributed by atoms with Crippen molar-refractivity contribution in [1.82, 2.24) is 10.9 Å². The van der Waals surface area contributed by atoms with Crippen LogP contribution >= 0.6 is 15.9 Å². The maximum absolute atomic E-state index is 12.1. The number of hydrogen-bond acceptors (Lipinski definition) is 5. The monoisotopic (exact) mass is 417 g/mol. The van der Waals surface area contributed by atoms with Crippen LogP contribution < -0.4 is 15.6 Å². The third kappa shape index (κ3) is 5.54. The van der Waals surface area contributed by atoms with Crippen molar-refractivity contribution in [3.63, 3.8) is 0 Å². The average molecular weight is 418 g/mol. The van der Waals surface area contributed by atoms with Crippen molar-refractivity contribution in [2.75, 3.05) is 7.11 Å². The SMILES string of the molecule is COc1ccc(/C=N/NC(=O)c2ccc(/C=C/C(=O)NO)cc2)cc1Br. The molecular weight excluding hydrogens is 402 g/mol. The normalized spacial score (nSPS) is 10.9. The van der Waals surface area contributed by atoms with Crippen LogP contribution in [-0.4, -0.2) is 30.3 Å². The molecule has 0 saturated carbocycles. The number of benzene rings is 2. The van der Waals surface area contributed by atoms with Gasteiger partial charge in [-0.15, -0.1) is 0 Å². The summed E-state index contributed by atoms with van der Waals surface area (Å²) in [6.07, 6.45) is 4.20. The van der Waals surface area contributed by atoms with Crippen molar-refractivity contribution in [2.24, 2.45) is 5.10 Å². The minimum absolute atomic E-state index is 0.363. The molecule has 2 amide bonds. The molecule has 0 bridgehead atoms. The predicted octanol–water partition coefficient (Wildman–Crippen LogP) is 2.74. The zero-order chi connectivity index (χ0) is 18.9. The van der Waals surface area contributed by atoms with Crippen LogP contribution in [0.25, 0.3) is 6.08 Å². The summed E-state index contributed by atoms with van der Waals surface area (Å²) in [5, 5.41) is 12.3. The molecule has 0 aliphatic carbocycles. The van der Waals surface area contributed by atoms with E-state index >= 15 is 0 Å². The number of nitrogens with zero attached hydrogens (tertiary/aromatic N) is 1. The fourth-order valence-corrected chi connectivity index (χ4v) is 2.51. The fraction of sp³-hybridized carbons (Fsp3) is 0.0556. The van der Waals surface area contributed by atoms with Gasteiger partial charge in [0.2, 0.25) is 0 Å². The number of nitrogens with one attached hydrogen (secondary N) is 2. The lowest BCUT2D eigenvalue weighted by Gasteiger charge is -2.03. The van der Waals surface area contributed by atoms with Crippen LogP contribution in [0.15, 0.2) is 58.1 Å². The number of hydrazone groups is 1. The number of carbonyl (C=O) groups is 2. The Hall–Kier alpha value is -2.97. The topological polar surface area (TPSA) is 100 Å². The van der Waals surface area contributed by atoms with Gasteiger partial charge >= 0.3 is 0 Å². The van der Waals surface area contributed by atoms with E-state index in [0.29, 0.717) is 16.9 Å². The lowest BCUT2D eigenvalue weighted by Crippen LogP contribution is -2.17. The fourth-order valence-electron chi connectivity index (χ4n) is 1.95. The second-order valence-electron chi connectivity index (χ2n) is 5.02. The molecule has 26 heavy (non-hydrogen) atoms. The van der Waals surface area contributed by atoms with Gasteiger partial charge in [-0.3, -0.25) is 14.8 Å². The van der Waals surface area contributed by atoms with E-state index in [1.165, 1.54) is 23.8 Å². The van der Waals surface area contributed by atoms with Gasteiger partial charge in [0.05, 0.1) is 17.8 Å². The molecule has 2 aromatic carbocycles. The zero-order valence-corrected chi connectivity index (χ0v) is 15.4. The first-order valence-corrected chi connectivity index (χ1v) is 8.22. The van der Waals surface area contributed by atoms with E-state index in [0.717, 1.165) is 10.0 Å². The Morgan fingerprint density at radius 1 is 1.15 bits per heavy atom. The molecule has 0 fully saturated rings. The van der Waals surface area contributed by atoms with E-state index in [1.807, 2.05) is 12.1 Å². The van der Waals surface area contributed by atoms with E-state index in [9.17, 15) is 9.59 Å². The molecule has 8 heteroatoms. The van der Waals surface area contributed by atoms with Crippen molar-refractivity contribution in [1.29, 1.82) is 0 Å². The number of ether oxygens (including phenoxy) is 1. The average Bonchev–Trinajstić information content (AvgIpc) is 2.66. The minimum atomic E-state index is -0.633. The first-order valence-electron chi connectivity index (χ1n) is 7.42. The zero-order valence-electron chi connectivity index (χ0n) is 13.8. The number of hydrogen-bond donors (Lipinski definition) is 3. The highest BCUT2D eigenvalue weighted by Crippen LogP contribution is 2.24. The molecule has 3 N–H and O–H groups in total. The van der Waals surface area contributed by atoms with E-state index < -0.39 is 5.91 Å². The summed E-state index contributed by atoms with van der Waals surface area (Å²) in [4.78, 5) is 23.0. The molecule has 0 saturated heterocycles. The summed E-state index contributed by atoms with van der Waals surface area (Å²) in [5.74, 6) is -0.291. The summed E-state index contributed by atoms with van der Waals surface area (Å²) >= 11 is 3.38. The maximum Gasteiger partial charge on any atom is 0.271 e. The standard InChI is InChI=1S/C18H16BrN3O4/c1-26-16-8-4-13(10-15(16)19)11-20-21-18(24)14-6-2-12(3-7-14)5-9-17(23)22-25/h2-11,25H,1H3,(H,21,24)(H,22,23)/b9-5+,20-11+. The van der Waals surface area contributed by atoms with Gasteiger partial charge in [0.25, 0.3) is 11.8 Å². The van der Waals surface area contributed by atoms with E-state index in [4.69, 9.17) is 9.94 Å². The quantitative estimate of drug-likeness (QED) is 0.291. The lowest BCUT2D eigenvalue weighted by atomic mass is 10.1. The van der Waals surface area contributed by atoms with Crippen molar-refractivity contribution in [2.45, 2.75) is 0 Å². The second kappa shape index (κ2) is 9.50. The van der Waals surface area contributed by atoms with Crippen LogP contribution in [-0.2, 0) is 4.79 Å². The highest BCUT2D eigenvalue weighted by atomic mass is 79.9. The molecular formula is C18H16BrN3O4. The molecule has 0 aromatic heterocycles. The first kappa shape index (κ1) is 19.4. The molecule has 0 spiro atoms. The van der Waals surface area contributed by atoms with Gasteiger partial charge in [-0.1, -0.05) is 12.1 Å². The number of hydroxylamine groups is 1. The summed E-state index contributed by atoms with van der Waals surface area (Å²) in [7, 11) is 1.58. The number of halogens is 1. The van der Waals surface area contributed by atoms with Crippen LogP contribution in [0, 0.1) is 0 Å². The van der Waals surface area contributed by atoms with Gasteiger partial charge in [0.1, 0.15) is 5.75 Å². The second-order valence-corrected chi connectivity index (χ2v) is 5.88. The summed E-state index contributed by atoms with van der Waals surface area (Å²) < 4.78 is 5.93. The Bertz CT molecular complexity index is 848. The minimum Gasteiger partial charge on any atom is -0.496 e. The van der Waals surface area contributed by atoms with Crippen molar-refractivity contribution < 1.29 is 19.5 Å². The van der Waals surface area contributed by atoms with Gasteiger partial charge in [0, 0.05) is 11.6 Å². The van der Waals surface area contributed by atoms with E-state index in [2.05, 4.69) is 26.5 Å². The van der Waals surface area contributed by atoms with Crippen molar-refractivity contribution >= 4 is 40.0 Å². The Kier molecular flexibility index (Phi) is 7.07. The number of methoxy groups -OCH3 is 1. The first-order chi connectivity index (χ1) is 12.5. The number of amides is 2. The molecule has 7 nitrogen and oxygen atoms in total. The Balaban J connectivity index is 1.96. The molecule has 2 rings (SSSR count). The molecule has 134 valence electrons. The van der Waals surface area contributed by atoms with Gasteiger partial charge in [-0.2, -0.15) is 5.10 Å². The highest BCUT2D eigenvalue weighted by molar-refractivity contribution is 9.10. The third-order valence-corrected chi connectivity index (χ3v) is 3.89. The molecule has 0 aliphatic rings. The number of rotatable bonds is 6. The van der Waals surface area contributed by atoms with E-state index in [1.54, 1.807) is 37.4 Å². The van der Waals surface area contributed by atoms with E-state index in [-0.39, 0.29) is 5.91 Å². The van der Waals surface area contributed by atoms with Crippen LogP contribution in [0.1, 0.15) is 21.5 Å². The van der Waals surface area contributed by atoms with Gasteiger partial charge in [0.15, 0.2) is 0 Å². The van der Waals surface area contributed by atoms with Gasteiger partial charge in [-0.05, 0) is 63.5 Å². The van der Waals surface area contributed by atoms with Crippen molar-refractivity contribution in [3.05, 3.63) is 69.7 Å². The number of carbonyl (C=O) groups excluding carboxylic acids is 2. The third-order valence-electron chi connectivity index (χ3n) is 3.27. The van der Waals surface area contributed by atoms with Crippen molar-refractivity contribution in [3.8, 4) is 5.75 Å².